The van der Waals surface area contributed by atoms with Crippen LogP contribution in [-0.4, -0.2) is 488 Å². The topological polar surface area (TPSA) is 456 Å². The first kappa shape index (κ1) is 100. The minimum absolute atomic E-state index is 0.0573. The Bertz CT molecular complexity index is 3160. The van der Waals surface area contributed by atoms with E-state index in [0.29, 0.717) is 25.2 Å². The van der Waals surface area contributed by atoms with Crippen LogP contribution >= 0.6 is 0 Å². The number of aromatic nitrogens is 3. The van der Waals surface area contributed by atoms with E-state index in [-0.39, 0.29) is 59.5 Å². The molecule has 4 N–H and O–H groups in total. The first-order valence-corrected chi connectivity index (χ1v) is 41.5. The van der Waals surface area contributed by atoms with E-state index in [1.165, 1.54) is 147 Å². The van der Waals surface area contributed by atoms with Crippen LogP contribution in [0.15, 0.2) is 6.20 Å². The Kier molecular flexibility index (Phi) is 39.9. The van der Waals surface area contributed by atoms with Gasteiger partial charge in [0.1, 0.15) is 208 Å². The minimum Gasteiger partial charge on any atom is -0.447 e. The highest BCUT2D eigenvalue weighted by atomic mass is 16.8. The normalized spacial score (nSPS) is 43.3. The number of aryl methyl sites for hydroxylation is 1. The van der Waals surface area contributed by atoms with Gasteiger partial charge in [0.25, 0.3) is 0 Å². The van der Waals surface area contributed by atoms with Gasteiger partial charge in [0.05, 0.1) is 65.1 Å². The van der Waals surface area contributed by atoms with Crippen LogP contribution in [0.4, 0.5) is 4.79 Å². The Labute approximate surface area is 717 Å². The lowest BCUT2D eigenvalue weighted by molar-refractivity contribution is -0.402. The number of amides is 1. The van der Waals surface area contributed by atoms with Crippen molar-refractivity contribution < 1.29 is 191 Å². The van der Waals surface area contributed by atoms with Gasteiger partial charge in [-0.3, -0.25) is 14.9 Å². The lowest BCUT2D eigenvalue weighted by Gasteiger charge is -2.52. The molecule has 712 valence electrons. The molecule has 0 saturated carbocycles. The third-order valence-electron chi connectivity index (χ3n) is 24.4. The third-order valence-corrected chi connectivity index (χ3v) is 24.4. The van der Waals surface area contributed by atoms with E-state index in [1.54, 1.807) is 10.9 Å². The number of hydrogen-bond acceptors (Lipinski definition) is 43. The smallest absolute Gasteiger partial charge is 0.411 e. The molecule has 0 radical (unpaired) electrons. The fourth-order valence-electron chi connectivity index (χ4n) is 18.5. The van der Waals surface area contributed by atoms with Crippen LogP contribution in [0, 0.1) is 0 Å². The van der Waals surface area contributed by atoms with Crippen LogP contribution in [0.1, 0.15) is 31.4 Å². The third kappa shape index (κ3) is 22.5. The Morgan fingerprint density at radius 3 is 0.878 bits per heavy atom. The monoisotopic (exact) mass is 1780 g/mol. The number of ether oxygens (including phenoxy) is 36. The van der Waals surface area contributed by atoms with E-state index < -0.39 is 252 Å². The largest absolute Gasteiger partial charge is 0.447 e. The molecule has 123 heavy (non-hydrogen) atoms. The van der Waals surface area contributed by atoms with Gasteiger partial charge in [-0.15, -0.1) is 5.10 Å². The molecule has 14 bridgehead atoms. The fraction of sp³-hybridized carbons (Fsp3) is 0.962. The average Bonchev–Trinajstić information content (AvgIpc) is 1.74. The zero-order valence-electron chi connectivity index (χ0n) is 74.0. The highest BCUT2D eigenvalue weighted by molar-refractivity contribution is 5.71. The van der Waals surface area contributed by atoms with Crippen molar-refractivity contribution in [3.05, 3.63) is 11.9 Å². The predicted octanol–water partition coefficient (Wildman–Crippen LogP) is -2.94. The van der Waals surface area contributed by atoms with E-state index >= 15 is 0 Å². The lowest BCUT2D eigenvalue weighted by Crippen LogP contribution is -2.69. The molecule has 23 aliphatic heterocycles. The number of methoxy groups -OCH3 is 20. The van der Waals surface area contributed by atoms with Gasteiger partial charge in [0.2, 0.25) is 0 Å². The first-order valence-electron chi connectivity index (χ1n) is 41.5. The minimum atomic E-state index is -1.45. The molecule has 40 atom stereocenters. The van der Waals surface area contributed by atoms with Crippen LogP contribution in [0.25, 0.3) is 0 Å². The van der Waals surface area contributed by atoms with Crippen LogP contribution in [-0.2, 0) is 184 Å². The van der Waals surface area contributed by atoms with Gasteiger partial charge in [-0.05, 0) is 19.4 Å². The number of cyclic esters (lactones) is 1. The molecule has 1 aromatic rings. The highest BCUT2D eigenvalue weighted by Gasteiger charge is 2.63. The fourth-order valence-corrected chi connectivity index (χ4v) is 18.5. The Hall–Kier alpha value is -3.15. The van der Waals surface area contributed by atoms with E-state index in [2.05, 4.69) is 15.6 Å². The predicted molar refractivity (Wildman–Crippen MR) is 412 cm³/mol. The molecule has 24 rings (SSSR count). The quantitative estimate of drug-likeness (QED) is 0.0481. The summed E-state index contributed by atoms with van der Waals surface area (Å²) >= 11 is 0. The van der Waals surface area contributed by atoms with Crippen LogP contribution in [0.3, 0.4) is 0 Å². The summed E-state index contributed by atoms with van der Waals surface area (Å²) in [7, 11) is 29.9. The number of fused-ring (bicyclic) bond motifs is 1. The van der Waals surface area contributed by atoms with Crippen molar-refractivity contribution >= 4 is 6.09 Å². The van der Waals surface area contributed by atoms with Gasteiger partial charge >= 0.3 is 6.09 Å². The molecule has 0 aliphatic carbocycles. The summed E-state index contributed by atoms with van der Waals surface area (Å²) in [4.78, 5) is 13.8. The molecule has 23 aliphatic rings. The second-order valence-corrected chi connectivity index (χ2v) is 31.4. The number of nitrogens with zero attached hydrogens (tertiary/aromatic N) is 4. The number of aliphatic hydroxyl groups is 3. The van der Waals surface area contributed by atoms with Gasteiger partial charge in [-0.2, -0.15) is 0 Å². The lowest BCUT2D eigenvalue weighted by atomic mass is 9.92. The van der Waals surface area contributed by atoms with Crippen molar-refractivity contribution in [2.45, 2.75) is 284 Å². The molecule has 23 fully saturated rings. The number of rotatable bonds is 38. The second kappa shape index (κ2) is 48.8. The maximum absolute atomic E-state index is 12.6. The van der Waals surface area contributed by atoms with E-state index in [0.717, 1.165) is 19.3 Å². The number of carbonyl (C=O) groups excluding carboxylic acids is 1. The summed E-state index contributed by atoms with van der Waals surface area (Å²) in [5.41, 5.74) is 0.489. The van der Waals surface area contributed by atoms with Crippen molar-refractivity contribution in [2.24, 2.45) is 0 Å². The zero-order chi connectivity index (χ0) is 88.3. The molecule has 1 aromatic heterocycles. The highest BCUT2D eigenvalue weighted by Crippen LogP contribution is 2.44. The van der Waals surface area contributed by atoms with Crippen LogP contribution in [0.5, 0.6) is 0 Å². The molecular weight excluding hydrogens is 1650 g/mol. The molecule has 0 aromatic carbocycles. The summed E-state index contributed by atoms with van der Waals surface area (Å²) in [5.74, 6) is 0. The Morgan fingerprint density at radius 2 is 0.610 bits per heavy atom. The molecule has 24 heterocycles. The molecule has 45 nitrogen and oxygen atoms in total. The number of unbranched alkanes of at least 4 members (excludes halogenated alkanes) is 3. The van der Waals surface area contributed by atoms with Crippen LogP contribution < -0.4 is 5.32 Å². The summed E-state index contributed by atoms with van der Waals surface area (Å²) in [6, 6.07) is -0.775. The summed E-state index contributed by atoms with van der Waals surface area (Å²) < 4.78 is 237. The van der Waals surface area contributed by atoms with E-state index in [1.807, 2.05) is 0 Å². The Morgan fingerprint density at radius 1 is 0.341 bits per heavy atom. The number of hydrogen-bond donors (Lipinski definition) is 4. The standard InChI is InChI=1S/C78H135N5O40/c1-88-30-39-49-56(94-7)64(102-15)72(111-39)119-51-41(32-90-3)113-74(66(104-17)58(51)96-9)121-53-43(34-92-5)115-76(68(106-19)60(53)98-11)123-55-45(36-108-28-37-27-82(81-80-37)26-24-22-21-23-25-79-70-48(86)47(85)46(84)38-29-109-78(87)83(38)70)116-77(69(107-20)62(55)100-13)122-54-44(35-93-6)114-75(67(105-18)61(54)99-12)120-52-42(33-91-4)112-73(65(103-16)59(52)97-10)118-50-40(31-89-2)110-71(117-49)63(101-14)57(50)95-8/h27,38-77,79,84-86H,21-26,28-36H2,1-20H3/t38-,39-,40-,41-,42-,43-,44-,45-,46-,47+,48+,49-,50-,51-,52-,53-,54-,55-,56+,57+,58+,59+,60+,61+,62+,63-,64-,65-,66-,67-,68-,69-,70+,71-,72-,73-,74-,75-,76-,77-/m1/s1. The van der Waals surface area contributed by atoms with E-state index in [4.69, 9.17) is 171 Å². The molecule has 0 spiro atoms. The van der Waals surface area contributed by atoms with Crippen molar-refractivity contribution in [3.8, 4) is 0 Å². The van der Waals surface area contributed by atoms with Crippen molar-refractivity contribution in [3.63, 3.8) is 0 Å². The van der Waals surface area contributed by atoms with Gasteiger partial charge in [0, 0.05) is 149 Å². The number of aliphatic hydroxyl groups excluding tert-OH is 3. The van der Waals surface area contributed by atoms with Crippen LogP contribution in [0.2, 0.25) is 0 Å². The maximum atomic E-state index is 12.6. The number of nitrogens with one attached hydrogen (secondary N) is 1. The van der Waals surface area contributed by atoms with Gasteiger partial charge in [-0.1, -0.05) is 18.1 Å². The molecule has 0 unspecified atom stereocenters. The Balaban J connectivity index is 0.922. The molecule has 23 saturated heterocycles. The van der Waals surface area contributed by atoms with Crippen molar-refractivity contribution in [2.75, 3.05) is 202 Å². The number of piperidine rings is 1. The van der Waals surface area contributed by atoms with Crippen molar-refractivity contribution in [1.82, 2.24) is 25.2 Å². The summed E-state index contributed by atoms with van der Waals surface area (Å²) in [6.07, 6.45) is -39.4. The van der Waals surface area contributed by atoms with Gasteiger partial charge in [0.15, 0.2) is 44.0 Å². The maximum Gasteiger partial charge on any atom is 0.411 e. The van der Waals surface area contributed by atoms with E-state index in [9.17, 15) is 20.1 Å². The zero-order valence-corrected chi connectivity index (χ0v) is 74.0. The SMILES string of the molecule is COC[C@H]1O[C@@H]2O[C@H]3[C@H](OC)[C@@H](OC)[C@@H](O[C@H]4[C@H](OC)[C@@H](OC)[C@@H](O[C@H]5[C@H](OC)[C@@H](OC)[C@@H](O[C@H]6[C@H](OC)[C@@H](OC)[C@@H](O[C@H]7[C@H](OC)[C@@H](OC)[C@@H](O[C@H]8[C@H](OC)[C@@H](OC)[C@@H](O[C@H]1[C@H](OC)[C@H]2OC)O[C@@H]8COC)O[C@@H]7COC)O[C@@H]6COC)O[C@@H]5COCc1cn(CCCCCCN[C@@H]2[C@@H](O)[C@@H](O)[C@H](O)[C@H]5COC(=O)N52)nn1)O[C@@H]4COC)O[C@@H]3COC. The number of carbonyl (C=O) groups is 1. The van der Waals surface area contributed by atoms with Crippen molar-refractivity contribution in [1.29, 1.82) is 0 Å². The first-order chi connectivity index (χ1) is 59.8. The average molecular weight is 1780 g/mol. The second-order valence-electron chi connectivity index (χ2n) is 31.4. The summed E-state index contributed by atoms with van der Waals surface area (Å²) in [5, 5.41) is 43.8. The van der Waals surface area contributed by atoms with Gasteiger partial charge in [-0.25, -0.2) is 4.79 Å². The molecule has 45 heteroatoms. The molecular formula is C78H135N5O40. The van der Waals surface area contributed by atoms with Gasteiger partial charge < -0.3 is 186 Å². The molecule has 1 amide bonds. The summed E-state index contributed by atoms with van der Waals surface area (Å²) in [6.45, 7) is 0.108.